The van der Waals surface area contributed by atoms with Gasteiger partial charge in [0.1, 0.15) is 5.75 Å². The Morgan fingerprint density at radius 1 is 1.03 bits per heavy atom. The number of rotatable bonds is 5. The average Bonchev–Trinajstić information content (AvgIpc) is 2.74. The summed E-state index contributed by atoms with van der Waals surface area (Å²) in [5, 5.41) is 9.97. The number of sulfonamides is 1. The van der Waals surface area contributed by atoms with E-state index in [2.05, 4.69) is 23.4 Å². The van der Waals surface area contributed by atoms with E-state index < -0.39 is 10.0 Å². The highest BCUT2D eigenvalue weighted by molar-refractivity contribution is 7.92. The van der Waals surface area contributed by atoms with Crippen LogP contribution in [-0.2, 0) is 16.4 Å². The number of benzene rings is 3. The van der Waals surface area contributed by atoms with Crippen LogP contribution in [0.4, 0.5) is 11.4 Å². The Hall–Kier alpha value is -3.58. The number of carbonyl (C=O) groups is 1. The van der Waals surface area contributed by atoms with Gasteiger partial charge >= 0.3 is 0 Å². The van der Waals surface area contributed by atoms with Crippen molar-refractivity contribution in [2.75, 3.05) is 22.4 Å². The number of anilines is 2. The van der Waals surface area contributed by atoms with E-state index >= 15 is 0 Å². The van der Waals surface area contributed by atoms with E-state index in [1.165, 1.54) is 12.1 Å². The van der Waals surface area contributed by atoms with E-state index in [1.807, 2.05) is 37.3 Å². The molecule has 1 heterocycles. The van der Waals surface area contributed by atoms with Crippen LogP contribution in [0, 0.1) is 0 Å². The van der Waals surface area contributed by atoms with Crippen LogP contribution in [0.2, 0.25) is 0 Å². The van der Waals surface area contributed by atoms with Gasteiger partial charge in [0, 0.05) is 17.8 Å². The number of hydrogen-bond acceptors (Lipinski definition) is 4. The molecular weight excluding hydrogens is 424 g/mol. The van der Waals surface area contributed by atoms with Gasteiger partial charge < -0.3 is 10.0 Å². The van der Waals surface area contributed by atoms with Gasteiger partial charge in [0.05, 0.1) is 11.9 Å². The smallest absolute Gasteiger partial charge is 0.258 e. The van der Waals surface area contributed by atoms with E-state index in [0.717, 1.165) is 34.1 Å². The molecule has 0 aromatic heterocycles. The average molecular weight is 449 g/mol. The van der Waals surface area contributed by atoms with Crippen LogP contribution in [0.5, 0.6) is 5.75 Å². The zero-order valence-electron chi connectivity index (χ0n) is 17.9. The van der Waals surface area contributed by atoms with Gasteiger partial charge in [-0.2, -0.15) is 0 Å². The lowest BCUT2D eigenvalue weighted by Crippen LogP contribution is -2.37. The molecule has 1 aliphatic heterocycles. The van der Waals surface area contributed by atoms with E-state index in [0.29, 0.717) is 24.2 Å². The molecule has 0 aliphatic carbocycles. The minimum absolute atomic E-state index is 0.0390. The summed E-state index contributed by atoms with van der Waals surface area (Å²) in [6.07, 6.45) is 1.67. The van der Waals surface area contributed by atoms with Gasteiger partial charge in [0.2, 0.25) is 10.0 Å². The van der Waals surface area contributed by atoms with Crippen molar-refractivity contribution < 1.29 is 18.3 Å². The molecule has 0 unspecified atom stereocenters. The van der Waals surface area contributed by atoms with Crippen LogP contribution in [0.25, 0.3) is 16.7 Å². The summed E-state index contributed by atoms with van der Waals surface area (Å²) in [5.74, 6) is -0.363. The van der Waals surface area contributed by atoms with Gasteiger partial charge in [-0.1, -0.05) is 48.6 Å². The monoisotopic (exact) mass is 448 g/mol. The van der Waals surface area contributed by atoms with Gasteiger partial charge in [0.25, 0.3) is 5.91 Å². The van der Waals surface area contributed by atoms with Crippen molar-refractivity contribution in [2.45, 2.75) is 13.3 Å². The molecule has 1 aliphatic rings. The van der Waals surface area contributed by atoms with Crippen molar-refractivity contribution in [1.82, 2.24) is 0 Å². The topological polar surface area (TPSA) is 86.7 Å². The minimum atomic E-state index is -3.57. The molecule has 7 heteroatoms. The third-order valence-corrected chi connectivity index (χ3v) is 6.07. The Morgan fingerprint density at radius 2 is 1.72 bits per heavy atom. The van der Waals surface area contributed by atoms with Crippen LogP contribution < -0.4 is 9.62 Å². The van der Waals surface area contributed by atoms with Crippen molar-refractivity contribution >= 4 is 32.9 Å². The first kappa shape index (κ1) is 21.6. The summed E-state index contributed by atoms with van der Waals surface area (Å²) in [6.45, 7) is 6.39. The second-order valence-corrected chi connectivity index (χ2v) is 9.76. The zero-order chi connectivity index (χ0) is 23.0. The molecule has 2 N–H and O–H groups in total. The van der Waals surface area contributed by atoms with Crippen molar-refractivity contribution in [3.8, 4) is 16.9 Å². The van der Waals surface area contributed by atoms with Crippen LogP contribution in [0.3, 0.4) is 0 Å². The van der Waals surface area contributed by atoms with E-state index in [9.17, 15) is 18.3 Å². The van der Waals surface area contributed by atoms with Crippen molar-refractivity contribution in [1.29, 1.82) is 0 Å². The normalized spacial score (nSPS) is 13.6. The molecular formula is C25H24N2O4S. The number of nitrogens with zero attached hydrogens (tertiary/aromatic N) is 1. The number of fused-ring (bicyclic) bond motifs is 1. The Labute approximate surface area is 187 Å². The first-order valence-electron chi connectivity index (χ1n) is 10.1. The Bertz CT molecular complexity index is 1330. The maximum absolute atomic E-state index is 13.2. The highest BCUT2D eigenvalue weighted by Crippen LogP contribution is 2.33. The number of aromatic hydroxyl groups is 1. The number of phenolic OH excluding ortho intramolecular Hbond substituents is 1. The SMILES string of the molecule is C=C(C)c1ccc(-c2ccc3c(c2)CCN(c2ccc(O)c(NS(C)(=O)=O)c2)C3=O)cc1. The lowest BCUT2D eigenvalue weighted by molar-refractivity contribution is 0.0980. The molecule has 6 nitrogen and oxygen atoms in total. The van der Waals surface area contributed by atoms with Gasteiger partial charge in [-0.25, -0.2) is 8.42 Å². The number of hydrogen-bond donors (Lipinski definition) is 2. The molecule has 0 fully saturated rings. The Morgan fingerprint density at radius 3 is 2.38 bits per heavy atom. The molecule has 0 spiro atoms. The highest BCUT2D eigenvalue weighted by Gasteiger charge is 2.26. The minimum Gasteiger partial charge on any atom is -0.506 e. The largest absolute Gasteiger partial charge is 0.506 e. The van der Waals surface area contributed by atoms with Gasteiger partial charge in [0.15, 0.2) is 0 Å². The molecule has 3 aromatic rings. The summed E-state index contributed by atoms with van der Waals surface area (Å²) in [4.78, 5) is 14.8. The van der Waals surface area contributed by atoms with Crippen LogP contribution in [0.15, 0.2) is 67.2 Å². The Kier molecular flexibility index (Phi) is 5.52. The standard InChI is InChI=1S/C25H24N2O4S/c1-16(2)17-4-6-18(7-5-17)19-8-10-22-20(14-19)12-13-27(25(22)29)21-9-11-24(28)23(15-21)26-32(3,30)31/h4-11,14-15,26,28H,1,12-13H2,2-3H3. The first-order chi connectivity index (χ1) is 15.1. The fourth-order valence-corrected chi connectivity index (χ4v) is 4.40. The lowest BCUT2D eigenvalue weighted by atomic mass is 9.93. The van der Waals surface area contributed by atoms with Gasteiger partial charge in [-0.05, 0) is 59.9 Å². The molecule has 0 saturated carbocycles. The molecule has 3 aromatic carbocycles. The summed E-state index contributed by atoms with van der Waals surface area (Å²) < 4.78 is 25.4. The number of phenols is 1. The fraction of sp³-hybridized carbons (Fsp3) is 0.160. The summed E-state index contributed by atoms with van der Waals surface area (Å²) in [7, 11) is -3.57. The molecule has 1 amide bonds. The molecule has 0 bridgehead atoms. The van der Waals surface area contributed by atoms with Gasteiger partial charge in [-0.3, -0.25) is 9.52 Å². The number of carbonyl (C=O) groups excluding carboxylic acids is 1. The number of allylic oxidation sites excluding steroid dienone is 1. The van der Waals surface area contributed by atoms with Crippen LogP contribution >= 0.6 is 0 Å². The molecule has 32 heavy (non-hydrogen) atoms. The van der Waals surface area contributed by atoms with E-state index in [-0.39, 0.29) is 17.3 Å². The highest BCUT2D eigenvalue weighted by atomic mass is 32.2. The number of amides is 1. The quantitative estimate of drug-likeness (QED) is 0.556. The second kappa shape index (κ2) is 8.16. The summed E-state index contributed by atoms with van der Waals surface area (Å²) in [5.41, 5.74) is 6.37. The molecule has 164 valence electrons. The predicted octanol–water partition coefficient (Wildman–Crippen LogP) is 4.67. The molecule has 0 atom stereocenters. The van der Waals surface area contributed by atoms with Crippen LogP contribution in [-0.4, -0.2) is 32.2 Å². The summed E-state index contributed by atoms with van der Waals surface area (Å²) in [6, 6.07) is 18.4. The molecule has 4 rings (SSSR count). The van der Waals surface area contributed by atoms with E-state index in [4.69, 9.17) is 0 Å². The maximum Gasteiger partial charge on any atom is 0.258 e. The third-order valence-electron chi connectivity index (χ3n) is 5.48. The third kappa shape index (κ3) is 4.38. The predicted molar refractivity (Wildman–Crippen MR) is 129 cm³/mol. The second-order valence-electron chi connectivity index (χ2n) is 8.01. The van der Waals surface area contributed by atoms with Crippen molar-refractivity contribution in [3.05, 3.63) is 83.9 Å². The maximum atomic E-state index is 13.2. The zero-order valence-corrected chi connectivity index (χ0v) is 18.7. The summed E-state index contributed by atoms with van der Waals surface area (Å²) >= 11 is 0. The van der Waals surface area contributed by atoms with Crippen molar-refractivity contribution in [3.63, 3.8) is 0 Å². The first-order valence-corrected chi connectivity index (χ1v) is 12.0. The van der Waals surface area contributed by atoms with Crippen LogP contribution in [0.1, 0.15) is 28.4 Å². The number of nitrogens with one attached hydrogen (secondary N) is 1. The van der Waals surface area contributed by atoms with E-state index in [1.54, 1.807) is 11.0 Å². The lowest BCUT2D eigenvalue weighted by Gasteiger charge is -2.29. The fourth-order valence-electron chi connectivity index (χ4n) is 3.83. The van der Waals surface area contributed by atoms with Gasteiger partial charge in [-0.15, -0.1) is 0 Å². The van der Waals surface area contributed by atoms with Crippen molar-refractivity contribution in [2.24, 2.45) is 0 Å². The Balaban J connectivity index is 1.62. The molecule has 0 radical (unpaired) electrons. The molecule has 0 saturated heterocycles.